The summed E-state index contributed by atoms with van der Waals surface area (Å²) in [7, 11) is 0. The Kier molecular flexibility index (Phi) is 1.65. The molecule has 3 heteroatoms. The van der Waals surface area contributed by atoms with E-state index in [9.17, 15) is 0 Å². The summed E-state index contributed by atoms with van der Waals surface area (Å²) in [6.45, 7) is 0. The molecule has 3 aliphatic rings. The number of nitrogens with two attached hydrogens (primary N) is 2. The van der Waals surface area contributed by atoms with Crippen molar-refractivity contribution in [2.24, 2.45) is 16.6 Å². The highest BCUT2D eigenvalue weighted by molar-refractivity contribution is 6.02. The standard InChI is InChI=1S/C14H17N3/c15-8-3-4-9-10-2-1-5-14(16)7-11(14)13(10)17-12(9)6-8/h3-4,6,10-11H,1-2,5,7,15-16H2. The average Bonchev–Trinajstić information content (AvgIpc) is 2.85. The summed E-state index contributed by atoms with van der Waals surface area (Å²) < 4.78 is 0. The van der Waals surface area contributed by atoms with Gasteiger partial charge in [0.05, 0.1) is 5.69 Å². The van der Waals surface area contributed by atoms with Gasteiger partial charge in [-0.05, 0) is 37.0 Å². The van der Waals surface area contributed by atoms with Gasteiger partial charge in [-0.1, -0.05) is 12.5 Å². The van der Waals surface area contributed by atoms with Crippen LogP contribution in [0.25, 0.3) is 0 Å². The lowest BCUT2D eigenvalue weighted by atomic mass is 9.90. The molecule has 0 aromatic heterocycles. The number of nitrogens with zero attached hydrogens (tertiary/aromatic N) is 1. The summed E-state index contributed by atoms with van der Waals surface area (Å²) in [5.74, 6) is 1.05. The Morgan fingerprint density at radius 2 is 2.24 bits per heavy atom. The summed E-state index contributed by atoms with van der Waals surface area (Å²) in [5, 5.41) is 0. The zero-order chi connectivity index (χ0) is 11.6. The van der Waals surface area contributed by atoms with Crippen LogP contribution in [-0.4, -0.2) is 11.3 Å². The van der Waals surface area contributed by atoms with Crippen LogP contribution in [-0.2, 0) is 0 Å². The second-order valence-corrected chi connectivity index (χ2v) is 5.79. The van der Waals surface area contributed by atoms with Gasteiger partial charge in [0.25, 0.3) is 0 Å². The zero-order valence-corrected chi connectivity index (χ0v) is 9.82. The quantitative estimate of drug-likeness (QED) is 0.668. The van der Waals surface area contributed by atoms with Crippen molar-refractivity contribution in [1.29, 1.82) is 0 Å². The summed E-state index contributed by atoms with van der Waals surface area (Å²) in [6, 6.07) is 6.14. The molecule has 1 heterocycles. The third-order valence-corrected chi connectivity index (χ3v) is 4.65. The van der Waals surface area contributed by atoms with Crippen molar-refractivity contribution in [3.63, 3.8) is 0 Å². The molecule has 0 radical (unpaired) electrons. The normalized spacial score (nSPS) is 37.6. The highest BCUT2D eigenvalue weighted by Crippen LogP contribution is 2.55. The number of nitrogen functional groups attached to an aromatic ring is 1. The van der Waals surface area contributed by atoms with E-state index in [0.717, 1.165) is 24.2 Å². The summed E-state index contributed by atoms with van der Waals surface area (Å²) in [5.41, 5.74) is 16.9. The second-order valence-electron chi connectivity index (χ2n) is 5.79. The maximum atomic E-state index is 6.37. The second kappa shape index (κ2) is 2.91. The zero-order valence-electron chi connectivity index (χ0n) is 9.82. The van der Waals surface area contributed by atoms with Crippen molar-refractivity contribution in [1.82, 2.24) is 0 Å². The Balaban J connectivity index is 1.82. The largest absolute Gasteiger partial charge is 0.399 e. The maximum Gasteiger partial charge on any atom is 0.0688 e. The highest BCUT2D eigenvalue weighted by Gasteiger charge is 2.57. The van der Waals surface area contributed by atoms with Crippen LogP contribution < -0.4 is 11.5 Å². The van der Waals surface area contributed by atoms with Crippen molar-refractivity contribution in [2.45, 2.75) is 37.1 Å². The van der Waals surface area contributed by atoms with E-state index in [2.05, 4.69) is 6.07 Å². The number of anilines is 1. The van der Waals surface area contributed by atoms with E-state index in [1.54, 1.807) is 0 Å². The lowest BCUT2D eigenvalue weighted by Gasteiger charge is -2.11. The molecular formula is C14H17N3. The van der Waals surface area contributed by atoms with E-state index >= 15 is 0 Å². The van der Waals surface area contributed by atoms with Crippen molar-refractivity contribution >= 4 is 17.1 Å². The van der Waals surface area contributed by atoms with Gasteiger partial charge in [-0.2, -0.15) is 0 Å². The average molecular weight is 227 g/mol. The van der Waals surface area contributed by atoms with Crippen LogP contribution in [0, 0.1) is 5.92 Å². The number of hydrogen-bond donors (Lipinski definition) is 2. The van der Waals surface area contributed by atoms with E-state index in [1.165, 1.54) is 24.1 Å². The third-order valence-electron chi connectivity index (χ3n) is 4.65. The van der Waals surface area contributed by atoms with E-state index in [1.807, 2.05) is 12.1 Å². The molecule has 3 atom stereocenters. The van der Waals surface area contributed by atoms with E-state index in [-0.39, 0.29) is 5.54 Å². The minimum Gasteiger partial charge on any atom is -0.399 e. The fraction of sp³-hybridized carbons (Fsp3) is 0.500. The van der Waals surface area contributed by atoms with Gasteiger partial charge in [0.2, 0.25) is 0 Å². The minimum absolute atomic E-state index is 0.0706. The van der Waals surface area contributed by atoms with E-state index in [4.69, 9.17) is 16.5 Å². The van der Waals surface area contributed by atoms with Crippen molar-refractivity contribution in [3.05, 3.63) is 23.8 Å². The molecule has 0 saturated heterocycles. The van der Waals surface area contributed by atoms with Crippen LogP contribution in [0.15, 0.2) is 23.2 Å². The first-order valence-corrected chi connectivity index (χ1v) is 6.44. The van der Waals surface area contributed by atoms with Crippen molar-refractivity contribution in [2.75, 3.05) is 5.73 Å². The molecule has 1 aromatic rings. The Bertz CT molecular complexity index is 534. The SMILES string of the molecule is Nc1ccc2c(c1)N=C1C2CCCC2(N)CC12. The first-order chi connectivity index (χ1) is 8.17. The third kappa shape index (κ3) is 1.23. The predicted octanol–water partition coefficient (Wildman–Crippen LogP) is 2.34. The van der Waals surface area contributed by atoms with Crippen LogP contribution >= 0.6 is 0 Å². The maximum absolute atomic E-state index is 6.37. The lowest BCUT2D eigenvalue weighted by Crippen LogP contribution is -2.26. The van der Waals surface area contributed by atoms with Gasteiger partial charge < -0.3 is 11.5 Å². The van der Waals surface area contributed by atoms with Gasteiger partial charge >= 0.3 is 0 Å². The fourth-order valence-corrected chi connectivity index (χ4v) is 3.58. The van der Waals surface area contributed by atoms with Crippen molar-refractivity contribution in [3.8, 4) is 0 Å². The smallest absolute Gasteiger partial charge is 0.0688 e. The number of fused-ring (bicyclic) bond motifs is 5. The Morgan fingerprint density at radius 3 is 3.12 bits per heavy atom. The topological polar surface area (TPSA) is 64.4 Å². The molecule has 1 aromatic carbocycles. The summed E-state index contributed by atoms with van der Waals surface area (Å²) in [4.78, 5) is 4.82. The molecule has 2 fully saturated rings. The molecule has 2 aliphatic carbocycles. The fourth-order valence-electron chi connectivity index (χ4n) is 3.58. The summed E-state index contributed by atoms with van der Waals surface area (Å²) in [6.07, 6.45) is 4.72. The first-order valence-electron chi connectivity index (χ1n) is 6.44. The summed E-state index contributed by atoms with van der Waals surface area (Å²) >= 11 is 0. The molecular weight excluding hydrogens is 210 g/mol. The molecule has 17 heavy (non-hydrogen) atoms. The Labute approximate surface area is 101 Å². The molecule has 1 aliphatic heterocycles. The number of aliphatic imine (C=N–C) groups is 1. The predicted molar refractivity (Wildman–Crippen MR) is 69.6 cm³/mol. The van der Waals surface area contributed by atoms with Gasteiger partial charge in [0.1, 0.15) is 0 Å². The molecule has 4 N–H and O–H groups in total. The van der Waals surface area contributed by atoms with Crippen LogP contribution in [0.4, 0.5) is 11.4 Å². The first kappa shape index (κ1) is 9.66. The van der Waals surface area contributed by atoms with Crippen molar-refractivity contribution < 1.29 is 0 Å². The van der Waals surface area contributed by atoms with Crippen LogP contribution in [0.5, 0.6) is 0 Å². The molecule has 3 nitrogen and oxygen atoms in total. The number of hydrogen-bond acceptors (Lipinski definition) is 3. The van der Waals surface area contributed by atoms with Gasteiger partial charge in [0, 0.05) is 28.8 Å². The van der Waals surface area contributed by atoms with E-state index in [0.29, 0.717) is 11.8 Å². The van der Waals surface area contributed by atoms with Gasteiger partial charge in [-0.3, -0.25) is 4.99 Å². The molecule has 0 bridgehead atoms. The van der Waals surface area contributed by atoms with Crippen LogP contribution in [0.3, 0.4) is 0 Å². The van der Waals surface area contributed by atoms with Crippen LogP contribution in [0.2, 0.25) is 0 Å². The van der Waals surface area contributed by atoms with Crippen LogP contribution in [0.1, 0.15) is 37.2 Å². The lowest BCUT2D eigenvalue weighted by molar-refractivity contribution is 0.557. The molecule has 3 unspecified atom stereocenters. The molecule has 2 saturated carbocycles. The molecule has 4 rings (SSSR count). The monoisotopic (exact) mass is 227 g/mol. The molecule has 0 amide bonds. The minimum atomic E-state index is 0.0706. The highest BCUT2D eigenvalue weighted by atomic mass is 14.9. The van der Waals surface area contributed by atoms with E-state index < -0.39 is 0 Å². The van der Waals surface area contributed by atoms with Gasteiger partial charge in [-0.15, -0.1) is 0 Å². The number of benzene rings is 1. The van der Waals surface area contributed by atoms with Gasteiger partial charge in [0.15, 0.2) is 0 Å². The molecule has 0 spiro atoms. The Morgan fingerprint density at radius 1 is 1.35 bits per heavy atom. The van der Waals surface area contributed by atoms with Gasteiger partial charge in [-0.25, -0.2) is 0 Å². The Hall–Kier alpha value is -1.35. The molecule has 88 valence electrons. The number of rotatable bonds is 0.